The standard InChI is InChI=1S/C24H31NO9/c1-14-9-7-8-10-15(2)22(28)33-20-19(32-21(14)27)18(17(13-26)31-23(20)30-3)34-24(29)25-16-11-5-4-6-12-16/h4-8,11-12,14-15,17-20,23,26H,9-10,13H2,1-3H3,(H,25,29)/b8-7+/t14-,15-,17-,18-,19+,20+,23+/m1/s1. The minimum atomic E-state index is -1.28. The fourth-order valence-electron chi connectivity index (χ4n) is 3.70. The first-order valence-electron chi connectivity index (χ1n) is 11.2. The fraction of sp³-hybridized carbons (Fsp3) is 0.542. The lowest BCUT2D eigenvalue weighted by Gasteiger charge is -2.44. The van der Waals surface area contributed by atoms with Crippen LogP contribution in [0.1, 0.15) is 26.7 Å². The maximum atomic E-state index is 12.8. The molecule has 34 heavy (non-hydrogen) atoms. The second kappa shape index (κ2) is 12.0. The third-order valence-electron chi connectivity index (χ3n) is 5.72. The predicted molar refractivity (Wildman–Crippen MR) is 120 cm³/mol. The normalized spacial score (nSPS) is 33.2. The summed E-state index contributed by atoms with van der Waals surface area (Å²) in [7, 11) is 1.33. The van der Waals surface area contributed by atoms with E-state index in [4.69, 9.17) is 23.7 Å². The highest BCUT2D eigenvalue weighted by Gasteiger charge is 2.53. The van der Waals surface area contributed by atoms with Gasteiger partial charge in [0, 0.05) is 12.8 Å². The summed E-state index contributed by atoms with van der Waals surface area (Å²) in [6, 6.07) is 8.60. The molecule has 1 amide bonds. The van der Waals surface area contributed by atoms with Gasteiger partial charge < -0.3 is 28.8 Å². The molecule has 0 spiro atoms. The first kappa shape index (κ1) is 25.7. The molecule has 2 aliphatic rings. The zero-order valence-corrected chi connectivity index (χ0v) is 19.4. The van der Waals surface area contributed by atoms with E-state index in [1.165, 1.54) is 7.11 Å². The Morgan fingerprint density at radius 1 is 1.03 bits per heavy atom. The highest BCUT2D eigenvalue weighted by molar-refractivity contribution is 5.84. The van der Waals surface area contributed by atoms with Crippen LogP contribution in [0.3, 0.4) is 0 Å². The van der Waals surface area contributed by atoms with Gasteiger partial charge in [-0.25, -0.2) is 4.79 Å². The number of aliphatic hydroxyl groups is 1. The average Bonchev–Trinajstić information content (AvgIpc) is 2.83. The van der Waals surface area contributed by atoms with Crippen molar-refractivity contribution in [2.75, 3.05) is 19.0 Å². The number of ether oxygens (including phenoxy) is 5. The van der Waals surface area contributed by atoms with Crippen LogP contribution in [0.4, 0.5) is 10.5 Å². The third kappa shape index (κ3) is 6.34. The number of amides is 1. The van der Waals surface area contributed by atoms with Crippen molar-refractivity contribution < 1.29 is 43.2 Å². The van der Waals surface area contributed by atoms with E-state index in [9.17, 15) is 19.5 Å². The van der Waals surface area contributed by atoms with Gasteiger partial charge in [-0.3, -0.25) is 14.9 Å². The summed E-state index contributed by atoms with van der Waals surface area (Å²) in [5, 5.41) is 12.5. The van der Waals surface area contributed by atoms with Crippen LogP contribution < -0.4 is 5.32 Å². The molecule has 186 valence electrons. The number of para-hydroxylation sites is 1. The predicted octanol–water partition coefficient (Wildman–Crippen LogP) is 2.41. The van der Waals surface area contributed by atoms with E-state index in [1.54, 1.807) is 44.2 Å². The number of esters is 2. The molecule has 0 aromatic heterocycles. The maximum absolute atomic E-state index is 12.8. The number of methoxy groups -OCH3 is 1. The molecule has 0 aliphatic carbocycles. The van der Waals surface area contributed by atoms with Crippen molar-refractivity contribution in [1.82, 2.24) is 0 Å². The molecule has 1 fully saturated rings. The molecule has 10 nitrogen and oxygen atoms in total. The topological polar surface area (TPSA) is 130 Å². The van der Waals surface area contributed by atoms with Gasteiger partial charge >= 0.3 is 18.0 Å². The first-order chi connectivity index (χ1) is 16.3. The van der Waals surface area contributed by atoms with Gasteiger partial charge in [0.25, 0.3) is 0 Å². The molecule has 10 heteroatoms. The Hall–Kier alpha value is -2.95. The van der Waals surface area contributed by atoms with Gasteiger partial charge in [0.05, 0.1) is 18.4 Å². The van der Waals surface area contributed by atoms with Gasteiger partial charge in [0.15, 0.2) is 24.6 Å². The molecule has 1 aromatic carbocycles. The number of allylic oxidation sites excluding steroid dienone is 2. The van der Waals surface area contributed by atoms with E-state index in [2.05, 4.69) is 5.32 Å². The van der Waals surface area contributed by atoms with Crippen molar-refractivity contribution in [1.29, 1.82) is 0 Å². The summed E-state index contributed by atoms with van der Waals surface area (Å²) >= 11 is 0. The minimum absolute atomic E-state index is 0.408. The second-order valence-corrected chi connectivity index (χ2v) is 8.37. The van der Waals surface area contributed by atoms with E-state index >= 15 is 0 Å². The van der Waals surface area contributed by atoms with Crippen molar-refractivity contribution in [3.63, 3.8) is 0 Å². The van der Waals surface area contributed by atoms with E-state index < -0.39 is 67.2 Å². The van der Waals surface area contributed by atoms with Crippen LogP contribution in [0.25, 0.3) is 0 Å². The number of nitrogens with one attached hydrogen (secondary N) is 1. The summed E-state index contributed by atoms with van der Waals surface area (Å²) in [5.74, 6) is -2.10. The van der Waals surface area contributed by atoms with Crippen molar-refractivity contribution in [3.8, 4) is 0 Å². The summed E-state index contributed by atoms with van der Waals surface area (Å²) < 4.78 is 28.0. The lowest BCUT2D eigenvalue weighted by molar-refractivity contribution is -0.300. The Kier molecular flexibility index (Phi) is 9.03. The zero-order valence-electron chi connectivity index (χ0n) is 19.4. The molecule has 2 heterocycles. The maximum Gasteiger partial charge on any atom is 0.412 e. The van der Waals surface area contributed by atoms with Crippen molar-refractivity contribution >= 4 is 23.7 Å². The molecule has 2 aliphatic heterocycles. The van der Waals surface area contributed by atoms with Gasteiger partial charge in [-0.05, 0) is 25.0 Å². The first-order valence-corrected chi connectivity index (χ1v) is 11.2. The van der Waals surface area contributed by atoms with Crippen LogP contribution in [-0.2, 0) is 33.3 Å². The molecular formula is C24H31NO9. The van der Waals surface area contributed by atoms with Gasteiger partial charge in [0.2, 0.25) is 0 Å². The van der Waals surface area contributed by atoms with Crippen molar-refractivity contribution in [2.45, 2.75) is 57.4 Å². The molecular weight excluding hydrogens is 446 g/mol. The van der Waals surface area contributed by atoms with E-state index in [1.807, 2.05) is 12.2 Å². The molecule has 0 saturated carbocycles. The van der Waals surface area contributed by atoms with Crippen LogP contribution in [0.2, 0.25) is 0 Å². The third-order valence-corrected chi connectivity index (χ3v) is 5.72. The van der Waals surface area contributed by atoms with Crippen molar-refractivity contribution in [2.24, 2.45) is 11.8 Å². The molecule has 1 saturated heterocycles. The number of aliphatic hydroxyl groups excluding tert-OH is 1. The molecule has 0 radical (unpaired) electrons. The molecule has 1 aromatic rings. The van der Waals surface area contributed by atoms with Gasteiger partial charge in [-0.1, -0.05) is 44.2 Å². The molecule has 0 unspecified atom stereocenters. The zero-order chi connectivity index (χ0) is 24.7. The van der Waals surface area contributed by atoms with Crippen molar-refractivity contribution in [3.05, 3.63) is 42.5 Å². The number of rotatable bonds is 4. The van der Waals surface area contributed by atoms with Crippen LogP contribution in [0.5, 0.6) is 0 Å². The highest BCUT2D eigenvalue weighted by atomic mass is 16.7. The largest absolute Gasteiger partial charge is 0.454 e. The number of hydrogen-bond donors (Lipinski definition) is 2. The fourth-order valence-corrected chi connectivity index (χ4v) is 3.70. The lowest BCUT2D eigenvalue weighted by atomic mass is 9.97. The molecule has 7 atom stereocenters. The minimum Gasteiger partial charge on any atom is -0.454 e. The smallest absolute Gasteiger partial charge is 0.412 e. The molecule has 0 bridgehead atoms. The second-order valence-electron chi connectivity index (χ2n) is 8.37. The summed E-state index contributed by atoms with van der Waals surface area (Å²) in [6.07, 6.45) is -2.41. The molecule has 2 N–H and O–H groups in total. The lowest BCUT2D eigenvalue weighted by Crippen LogP contribution is -2.63. The molecule has 3 rings (SSSR count). The summed E-state index contributed by atoms with van der Waals surface area (Å²) in [5.41, 5.74) is 0.479. The Balaban J connectivity index is 1.92. The van der Waals surface area contributed by atoms with Crippen LogP contribution in [-0.4, -0.2) is 67.6 Å². The average molecular weight is 478 g/mol. The Morgan fingerprint density at radius 3 is 2.18 bits per heavy atom. The number of fused-ring (bicyclic) bond motifs is 1. The monoisotopic (exact) mass is 477 g/mol. The van der Waals surface area contributed by atoms with E-state index in [-0.39, 0.29) is 0 Å². The Morgan fingerprint density at radius 2 is 1.62 bits per heavy atom. The Labute approximate surface area is 198 Å². The van der Waals surface area contributed by atoms with Gasteiger partial charge in [0.1, 0.15) is 6.10 Å². The van der Waals surface area contributed by atoms with Crippen LogP contribution >= 0.6 is 0 Å². The number of carbonyl (C=O) groups excluding carboxylic acids is 3. The van der Waals surface area contributed by atoms with Crippen LogP contribution in [0.15, 0.2) is 42.5 Å². The number of carbonyl (C=O) groups is 3. The van der Waals surface area contributed by atoms with Gasteiger partial charge in [-0.15, -0.1) is 0 Å². The van der Waals surface area contributed by atoms with Gasteiger partial charge in [-0.2, -0.15) is 0 Å². The van der Waals surface area contributed by atoms with Crippen LogP contribution in [0, 0.1) is 11.8 Å². The Bertz CT molecular complexity index is 874. The number of benzene rings is 1. The summed E-state index contributed by atoms with van der Waals surface area (Å²) in [6.45, 7) is 2.86. The SMILES string of the molecule is CO[C@H]1O[C@H](CO)[C@@H](OC(=O)Nc2ccccc2)[C@@H]2OC(=O)[C@H](C)C/C=C/C[C@@H](C)C(=O)O[C@H]12. The number of hydrogen-bond acceptors (Lipinski definition) is 9. The number of anilines is 1. The highest BCUT2D eigenvalue weighted by Crippen LogP contribution is 2.31. The summed E-state index contributed by atoms with van der Waals surface area (Å²) in [4.78, 5) is 38.2. The van der Waals surface area contributed by atoms with E-state index in [0.717, 1.165) is 0 Å². The quantitative estimate of drug-likeness (QED) is 0.381. The van der Waals surface area contributed by atoms with E-state index in [0.29, 0.717) is 18.5 Å².